The lowest BCUT2D eigenvalue weighted by Crippen LogP contribution is -2.41. The van der Waals surface area contributed by atoms with Gasteiger partial charge >= 0.3 is 0 Å². The summed E-state index contributed by atoms with van der Waals surface area (Å²) in [6.45, 7) is 2.15. The molecule has 0 aliphatic heterocycles. The summed E-state index contributed by atoms with van der Waals surface area (Å²) >= 11 is 0. The van der Waals surface area contributed by atoms with Crippen molar-refractivity contribution in [1.82, 2.24) is 5.32 Å². The molecular formula is C15H21FN2O. The van der Waals surface area contributed by atoms with Gasteiger partial charge in [0.25, 0.3) is 5.91 Å². The van der Waals surface area contributed by atoms with Crippen molar-refractivity contribution in [3.05, 3.63) is 29.6 Å². The Morgan fingerprint density at radius 1 is 1.42 bits per heavy atom. The number of benzene rings is 1. The Morgan fingerprint density at radius 3 is 2.84 bits per heavy atom. The van der Waals surface area contributed by atoms with Gasteiger partial charge in [0, 0.05) is 11.6 Å². The predicted octanol–water partition coefficient (Wildman–Crippen LogP) is 3.11. The molecule has 0 spiro atoms. The molecule has 1 amide bonds. The van der Waals surface area contributed by atoms with Gasteiger partial charge in [0.05, 0.1) is 5.69 Å². The molecular weight excluding hydrogens is 243 g/mol. The summed E-state index contributed by atoms with van der Waals surface area (Å²) in [7, 11) is 0. The highest BCUT2D eigenvalue weighted by Gasteiger charge is 2.25. The molecule has 0 radical (unpaired) electrons. The van der Waals surface area contributed by atoms with Crippen molar-refractivity contribution in [2.24, 2.45) is 5.92 Å². The molecule has 19 heavy (non-hydrogen) atoms. The second kappa shape index (κ2) is 6.04. The van der Waals surface area contributed by atoms with Crippen molar-refractivity contribution >= 4 is 11.6 Å². The normalized spacial score (nSPS) is 23.1. The first-order valence-corrected chi connectivity index (χ1v) is 6.97. The zero-order chi connectivity index (χ0) is 13.8. The van der Waals surface area contributed by atoms with E-state index in [1.54, 1.807) is 6.07 Å². The van der Waals surface area contributed by atoms with Gasteiger partial charge in [0.15, 0.2) is 0 Å². The van der Waals surface area contributed by atoms with Gasteiger partial charge in [0.2, 0.25) is 0 Å². The monoisotopic (exact) mass is 264 g/mol. The molecule has 2 atom stereocenters. The van der Waals surface area contributed by atoms with Gasteiger partial charge in [-0.25, -0.2) is 4.39 Å². The first kappa shape index (κ1) is 13.8. The minimum absolute atomic E-state index is 0.0700. The molecule has 1 aromatic rings. The summed E-state index contributed by atoms with van der Waals surface area (Å²) in [6, 6.07) is 4.42. The maximum atomic E-state index is 13.4. The van der Waals surface area contributed by atoms with Crippen LogP contribution >= 0.6 is 0 Å². The third kappa shape index (κ3) is 3.25. The number of halogens is 1. The van der Waals surface area contributed by atoms with Crippen LogP contribution in [-0.2, 0) is 0 Å². The van der Waals surface area contributed by atoms with Crippen LogP contribution in [0.2, 0.25) is 0 Å². The standard InChI is InChI=1S/C15H21FN2O/c1-2-10-5-3-4-6-14(10)18-15(19)11-7-8-13(17)12(16)9-11/h7-10,14H,2-6,17H2,1H3,(H,18,19). The van der Waals surface area contributed by atoms with E-state index >= 15 is 0 Å². The van der Waals surface area contributed by atoms with Crippen LogP contribution in [0.25, 0.3) is 0 Å². The van der Waals surface area contributed by atoms with Crippen molar-refractivity contribution in [2.45, 2.75) is 45.1 Å². The van der Waals surface area contributed by atoms with E-state index in [4.69, 9.17) is 5.73 Å². The summed E-state index contributed by atoms with van der Waals surface area (Å²) in [6.07, 6.45) is 5.64. The van der Waals surface area contributed by atoms with Crippen LogP contribution in [0.3, 0.4) is 0 Å². The molecule has 2 unspecified atom stereocenters. The second-order valence-electron chi connectivity index (χ2n) is 5.27. The number of hydrogen-bond donors (Lipinski definition) is 2. The van der Waals surface area contributed by atoms with Crippen LogP contribution < -0.4 is 11.1 Å². The number of carbonyl (C=O) groups is 1. The SMILES string of the molecule is CCC1CCCCC1NC(=O)c1ccc(N)c(F)c1. The molecule has 0 bridgehead atoms. The van der Waals surface area contributed by atoms with Crippen LogP contribution in [-0.4, -0.2) is 11.9 Å². The van der Waals surface area contributed by atoms with Gasteiger partial charge in [-0.15, -0.1) is 0 Å². The molecule has 0 heterocycles. The number of nitrogens with one attached hydrogen (secondary N) is 1. The maximum absolute atomic E-state index is 13.4. The summed E-state index contributed by atoms with van der Waals surface area (Å²) in [5, 5.41) is 3.04. The van der Waals surface area contributed by atoms with E-state index in [1.165, 1.54) is 18.6 Å². The van der Waals surface area contributed by atoms with Crippen molar-refractivity contribution in [3.8, 4) is 0 Å². The van der Waals surface area contributed by atoms with Gasteiger partial charge in [-0.2, -0.15) is 0 Å². The Hall–Kier alpha value is -1.58. The van der Waals surface area contributed by atoms with Gasteiger partial charge < -0.3 is 11.1 Å². The van der Waals surface area contributed by atoms with Crippen molar-refractivity contribution in [3.63, 3.8) is 0 Å². The van der Waals surface area contributed by atoms with E-state index < -0.39 is 5.82 Å². The minimum atomic E-state index is -0.539. The van der Waals surface area contributed by atoms with Crippen molar-refractivity contribution in [2.75, 3.05) is 5.73 Å². The minimum Gasteiger partial charge on any atom is -0.396 e. The molecule has 104 valence electrons. The molecule has 1 aliphatic carbocycles. The maximum Gasteiger partial charge on any atom is 0.251 e. The number of nitrogens with two attached hydrogens (primary N) is 1. The number of amides is 1. The van der Waals surface area contributed by atoms with E-state index in [9.17, 15) is 9.18 Å². The summed E-state index contributed by atoms with van der Waals surface area (Å²) in [5.74, 6) is -0.205. The Bertz CT molecular complexity index is 461. The largest absolute Gasteiger partial charge is 0.396 e. The predicted molar refractivity (Wildman–Crippen MR) is 74.3 cm³/mol. The van der Waals surface area contributed by atoms with Crippen LogP contribution in [0.5, 0.6) is 0 Å². The van der Waals surface area contributed by atoms with E-state index in [0.29, 0.717) is 11.5 Å². The first-order chi connectivity index (χ1) is 9.11. The van der Waals surface area contributed by atoms with Crippen LogP contribution in [0.15, 0.2) is 18.2 Å². The molecule has 1 aliphatic rings. The highest BCUT2D eigenvalue weighted by molar-refractivity contribution is 5.94. The number of rotatable bonds is 3. The summed E-state index contributed by atoms with van der Waals surface area (Å²) in [4.78, 5) is 12.1. The first-order valence-electron chi connectivity index (χ1n) is 6.97. The average Bonchev–Trinajstić information content (AvgIpc) is 2.42. The van der Waals surface area contributed by atoms with Crippen LogP contribution in [0.4, 0.5) is 10.1 Å². The third-order valence-corrected chi connectivity index (χ3v) is 4.01. The molecule has 1 saturated carbocycles. The Kier molecular flexibility index (Phi) is 4.40. The fourth-order valence-electron chi connectivity index (χ4n) is 2.81. The third-order valence-electron chi connectivity index (χ3n) is 4.01. The number of anilines is 1. The van der Waals surface area contributed by atoms with Crippen LogP contribution in [0.1, 0.15) is 49.4 Å². The van der Waals surface area contributed by atoms with E-state index in [2.05, 4.69) is 12.2 Å². The quantitative estimate of drug-likeness (QED) is 0.824. The topological polar surface area (TPSA) is 55.1 Å². The van der Waals surface area contributed by atoms with Crippen LogP contribution in [0, 0.1) is 11.7 Å². The molecule has 0 saturated heterocycles. The molecule has 1 fully saturated rings. The average molecular weight is 264 g/mol. The number of hydrogen-bond acceptors (Lipinski definition) is 2. The molecule has 3 nitrogen and oxygen atoms in total. The Morgan fingerprint density at radius 2 is 2.16 bits per heavy atom. The van der Waals surface area contributed by atoms with Gasteiger partial charge in [-0.05, 0) is 37.0 Å². The molecule has 0 aromatic heterocycles. The highest BCUT2D eigenvalue weighted by atomic mass is 19.1. The molecule has 1 aromatic carbocycles. The lowest BCUT2D eigenvalue weighted by atomic mass is 9.83. The fourth-order valence-corrected chi connectivity index (χ4v) is 2.81. The van der Waals surface area contributed by atoms with Crippen molar-refractivity contribution in [1.29, 1.82) is 0 Å². The smallest absolute Gasteiger partial charge is 0.251 e. The zero-order valence-corrected chi connectivity index (χ0v) is 11.3. The molecule has 4 heteroatoms. The summed E-state index contributed by atoms with van der Waals surface area (Å²) in [5.41, 5.74) is 5.82. The molecule has 3 N–H and O–H groups in total. The van der Waals surface area contributed by atoms with E-state index in [1.807, 2.05) is 0 Å². The molecule has 2 rings (SSSR count). The van der Waals surface area contributed by atoms with E-state index in [-0.39, 0.29) is 17.6 Å². The van der Waals surface area contributed by atoms with E-state index in [0.717, 1.165) is 25.7 Å². The number of carbonyl (C=O) groups excluding carboxylic acids is 1. The lowest BCUT2D eigenvalue weighted by molar-refractivity contribution is 0.0904. The van der Waals surface area contributed by atoms with Gasteiger partial charge in [0.1, 0.15) is 5.82 Å². The second-order valence-corrected chi connectivity index (χ2v) is 5.27. The Balaban J connectivity index is 2.05. The lowest BCUT2D eigenvalue weighted by Gasteiger charge is -2.31. The number of nitrogen functional groups attached to an aromatic ring is 1. The Labute approximate surface area is 113 Å². The van der Waals surface area contributed by atoms with Gasteiger partial charge in [-0.3, -0.25) is 4.79 Å². The summed E-state index contributed by atoms with van der Waals surface area (Å²) < 4.78 is 13.4. The fraction of sp³-hybridized carbons (Fsp3) is 0.533. The zero-order valence-electron chi connectivity index (χ0n) is 11.3. The highest BCUT2D eigenvalue weighted by Crippen LogP contribution is 2.27. The van der Waals surface area contributed by atoms with Crippen molar-refractivity contribution < 1.29 is 9.18 Å². The van der Waals surface area contributed by atoms with Gasteiger partial charge in [-0.1, -0.05) is 26.2 Å².